The number of ether oxygens (including phenoxy) is 1. The van der Waals surface area contributed by atoms with E-state index in [1.165, 1.54) is 19.2 Å². The number of nitrogens with one attached hydrogen (secondary N) is 1. The van der Waals surface area contributed by atoms with Gasteiger partial charge in [-0.15, -0.1) is 0 Å². The second-order valence-electron chi connectivity index (χ2n) is 6.35. The summed E-state index contributed by atoms with van der Waals surface area (Å²) in [5.74, 6) is 0.880. The highest BCUT2D eigenvalue weighted by Crippen LogP contribution is 2.21. The molecule has 0 radical (unpaired) electrons. The number of aromatic nitrogens is 2. The highest BCUT2D eigenvalue weighted by atomic mass is 19.1. The number of benzene rings is 1. The average molecular weight is 373 g/mol. The van der Waals surface area contributed by atoms with E-state index in [0.29, 0.717) is 37.7 Å². The number of nitrogens with zero attached hydrogens (tertiary/aromatic N) is 4. The molecule has 1 amide bonds. The number of rotatable bonds is 5. The monoisotopic (exact) mass is 373 g/mol. The first-order valence-corrected chi connectivity index (χ1v) is 8.99. The molecular weight excluding hydrogens is 349 g/mol. The summed E-state index contributed by atoms with van der Waals surface area (Å²) in [6.07, 6.45) is 0. The van der Waals surface area contributed by atoms with E-state index in [1.54, 1.807) is 11.0 Å². The number of amides is 1. The van der Waals surface area contributed by atoms with Crippen LogP contribution in [0.2, 0.25) is 0 Å². The van der Waals surface area contributed by atoms with Crippen LogP contribution in [0.5, 0.6) is 5.75 Å². The van der Waals surface area contributed by atoms with Gasteiger partial charge >= 0.3 is 0 Å². The smallest absolute Gasteiger partial charge is 0.254 e. The van der Waals surface area contributed by atoms with Crippen LogP contribution in [0.3, 0.4) is 0 Å². The minimum atomic E-state index is -0.533. The molecule has 0 unspecified atom stereocenters. The van der Waals surface area contributed by atoms with Crippen LogP contribution in [0, 0.1) is 12.7 Å². The van der Waals surface area contributed by atoms with Gasteiger partial charge in [-0.3, -0.25) is 4.79 Å². The van der Waals surface area contributed by atoms with Crippen molar-refractivity contribution >= 4 is 17.7 Å². The molecule has 2 heterocycles. The number of aryl methyl sites for hydroxylation is 1. The summed E-state index contributed by atoms with van der Waals surface area (Å²) in [7, 11) is 1.40. The summed E-state index contributed by atoms with van der Waals surface area (Å²) in [5, 5.41) is 3.13. The summed E-state index contributed by atoms with van der Waals surface area (Å²) in [4.78, 5) is 25.4. The molecule has 8 heteroatoms. The van der Waals surface area contributed by atoms with E-state index in [1.807, 2.05) is 19.9 Å². The Morgan fingerprint density at radius 2 is 1.96 bits per heavy atom. The minimum absolute atomic E-state index is 0.131. The van der Waals surface area contributed by atoms with Crippen molar-refractivity contribution < 1.29 is 13.9 Å². The summed E-state index contributed by atoms with van der Waals surface area (Å²) in [6, 6.07) is 6.24. The van der Waals surface area contributed by atoms with E-state index < -0.39 is 5.82 Å². The van der Waals surface area contributed by atoms with Gasteiger partial charge in [0.15, 0.2) is 11.6 Å². The topological polar surface area (TPSA) is 70.6 Å². The van der Waals surface area contributed by atoms with Crippen LogP contribution in [-0.4, -0.2) is 60.6 Å². The second-order valence-corrected chi connectivity index (χ2v) is 6.35. The van der Waals surface area contributed by atoms with Gasteiger partial charge in [0.1, 0.15) is 5.82 Å². The third kappa shape index (κ3) is 4.27. The van der Waals surface area contributed by atoms with Crippen molar-refractivity contribution in [3.05, 3.63) is 41.3 Å². The molecule has 2 aromatic rings. The summed E-state index contributed by atoms with van der Waals surface area (Å²) in [6.45, 7) is 7.10. The molecule has 0 aliphatic carbocycles. The molecule has 1 fully saturated rings. The van der Waals surface area contributed by atoms with Crippen molar-refractivity contribution in [1.82, 2.24) is 14.9 Å². The molecule has 27 heavy (non-hydrogen) atoms. The molecule has 0 spiro atoms. The van der Waals surface area contributed by atoms with Gasteiger partial charge in [-0.25, -0.2) is 9.37 Å². The summed E-state index contributed by atoms with van der Waals surface area (Å²) in [5.41, 5.74) is 1.22. The van der Waals surface area contributed by atoms with Gasteiger partial charge in [-0.2, -0.15) is 4.98 Å². The number of halogens is 1. The number of methoxy groups -OCH3 is 1. The number of hydrogen-bond acceptors (Lipinski definition) is 6. The Morgan fingerprint density at radius 3 is 2.59 bits per heavy atom. The summed E-state index contributed by atoms with van der Waals surface area (Å²) < 4.78 is 18.8. The predicted octanol–water partition coefficient (Wildman–Crippen LogP) is 2.33. The van der Waals surface area contributed by atoms with Crippen molar-refractivity contribution in [1.29, 1.82) is 0 Å². The standard InChI is InChI=1S/C19H24FN5O2/c1-4-21-19-22-13(2)11-17(23-19)24-7-9-25(10-8-24)18(26)14-5-6-16(27-3)15(20)12-14/h5-6,11-12H,4,7-10H2,1-3H3,(H,21,22,23). The Hall–Kier alpha value is -2.90. The fraction of sp³-hybridized carbons (Fsp3) is 0.421. The lowest BCUT2D eigenvalue weighted by molar-refractivity contribution is 0.0746. The van der Waals surface area contributed by atoms with E-state index in [9.17, 15) is 9.18 Å². The number of hydrogen-bond donors (Lipinski definition) is 1. The van der Waals surface area contributed by atoms with Gasteiger partial charge in [0.2, 0.25) is 5.95 Å². The highest BCUT2D eigenvalue weighted by molar-refractivity contribution is 5.94. The molecule has 1 N–H and O–H groups in total. The van der Waals surface area contributed by atoms with Crippen LogP contribution in [0.1, 0.15) is 23.0 Å². The van der Waals surface area contributed by atoms with E-state index in [-0.39, 0.29) is 11.7 Å². The first-order chi connectivity index (χ1) is 13.0. The highest BCUT2D eigenvalue weighted by Gasteiger charge is 2.24. The molecule has 1 aromatic heterocycles. The van der Waals surface area contributed by atoms with Gasteiger partial charge < -0.3 is 19.9 Å². The van der Waals surface area contributed by atoms with Crippen LogP contribution in [-0.2, 0) is 0 Å². The zero-order valence-electron chi connectivity index (χ0n) is 15.8. The van der Waals surface area contributed by atoms with Crippen LogP contribution in [0.25, 0.3) is 0 Å². The van der Waals surface area contributed by atoms with Crippen molar-refractivity contribution in [2.45, 2.75) is 13.8 Å². The zero-order valence-corrected chi connectivity index (χ0v) is 15.8. The fourth-order valence-corrected chi connectivity index (χ4v) is 3.07. The van der Waals surface area contributed by atoms with Crippen LogP contribution in [0.15, 0.2) is 24.3 Å². The van der Waals surface area contributed by atoms with Gasteiger partial charge in [0.05, 0.1) is 7.11 Å². The van der Waals surface area contributed by atoms with Gasteiger partial charge in [0, 0.05) is 50.0 Å². The number of carbonyl (C=O) groups is 1. The van der Waals surface area contributed by atoms with Crippen molar-refractivity contribution in [3.63, 3.8) is 0 Å². The molecule has 0 saturated carbocycles. The first kappa shape index (κ1) is 18.9. The largest absolute Gasteiger partial charge is 0.494 e. The second kappa shape index (κ2) is 8.20. The quantitative estimate of drug-likeness (QED) is 0.867. The maximum Gasteiger partial charge on any atom is 0.254 e. The van der Waals surface area contributed by atoms with E-state index in [4.69, 9.17) is 4.74 Å². The Labute approximate surface area is 158 Å². The van der Waals surface area contributed by atoms with E-state index in [0.717, 1.165) is 18.1 Å². The van der Waals surface area contributed by atoms with Crippen molar-refractivity contribution in [3.8, 4) is 5.75 Å². The molecule has 7 nitrogen and oxygen atoms in total. The molecule has 1 aliphatic heterocycles. The maximum atomic E-state index is 13.9. The Balaban J connectivity index is 1.66. The minimum Gasteiger partial charge on any atom is -0.494 e. The molecule has 1 aliphatic rings. The summed E-state index contributed by atoms with van der Waals surface area (Å²) >= 11 is 0. The Kier molecular flexibility index (Phi) is 5.73. The molecule has 1 saturated heterocycles. The lowest BCUT2D eigenvalue weighted by Crippen LogP contribution is -2.49. The van der Waals surface area contributed by atoms with Gasteiger partial charge in [0.25, 0.3) is 5.91 Å². The van der Waals surface area contributed by atoms with Crippen LogP contribution < -0.4 is 15.0 Å². The lowest BCUT2D eigenvalue weighted by Gasteiger charge is -2.35. The molecule has 0 atom stereocenters. The number of piperazine rings is 1. The fourth-order valence-electron chi connectivity index (χ4n) is 3.07. The number of anilines is 2. The third-order valence-corrected chi connectivity index (χ3v) is 4.47. The molecule has 3 rings (SSSR count). The van der Waals surface area contributed by atoms with Crippen LogP contribution in [0.4, 0.5) is 16.2 Å². The Morgan fingerprint density at radius 1 is 1.22 bits per heavy atom. The maximum absolute atomic E-state index is 13.9. The van der Waals surface area contributed by atoms with Crippen molar-refractivity contribution in [2.24, 2.45) is 0 Å². The van der Waals surface area contributed by atoms with E-state index >= 15 is 0 Å². The molecular formula is C19H24FN5O2. The molecule has 1 aromatic carbocycles. The predicted molar refractivity (Wildman–Crippen MR) is 102 cm³/mol. The Bertz CT molecular complexity index is 822. The van der Waals surface area contributed by atoms with Gasteiger partial charge in [-0.05, 0) is 32.0 Å². The van der Waals surface area contributed by atoms with E-state index in [2.05, 4.69) is 20.2 Å². The lowest BCUT2D eigenvalue weighted by atomic mass is 10.1. The molecule has 0 bridgehead atoms. The van der Waals surface area contributed by atoms with Gasteiger partial charge in [-0.1, -0.05) is 0 Å². The first-order valence-electron chi connectivity index (χ1n) is 8.99. The third-order valence-electron chi connectivity index (χ3n) is 4.47. The molecule has 144 valence electrons. The number of carbonyl (C=O) groups excluding carboxylic acids is 1. The average Bonchev–Trinajstić information content (AvgIpc) is 2.67. The van der Waals surface area contributed by atoms with Crippen molar-refractivity contribution in [2.75, 3.05) is 50.1 Å². The van der Waals surface area contributed by atoms with Crippen LogP contribution >= 0.6 is 0 Å². The normalized spacial score (nSPS) is 14.2. The zero-order chi connectivity index (χ0) is 19.4. The SMILES string of the molecule is CCNc1nc(C)cc(N2CCN(C(=O)c3ccc(OC)c(F)c3)CC2)n1.